The van der Waals surface area contributed by atoms with Gasteiger partial charge >= 0.3 is 7.60 Å². The highest BCUT2D eigenvalue weighted by Crippen LogP contribution is 2.35. The normalized spacial score (nSPS) is 14.2. The topological polar surface area (TPSA) is 116 Å². The maximum atomic E-state index is 11.4. The molecule has 0 rings (SSSR count). The number of hydrogen-bond donors (Lipinski definition) is 4. The Kier molecular flexibility index (Phi) is 32.9. The Labute approximate surface area is 272 Å². The second-order valence-corrected chi connectivity index (χ2v) is 15.0. The van der Waals surface area contributed by atoms with Gasteiger partial charge in [0, 0.05) is 0 Å². The zero-order valence-corrected chi connectivity index (χ0v) is 30.0. The van der Waals surface area contributed by atoms with Gasteiger partial charge in [-0.05, 0) is 32.1 Å². The third-order valence-electron chi connectivity index (χ3n) is 8.68. The predicted molar refractivity (Wildman–Crippen MR) is 185 cm³/mol. The zero-order valence-electron chi connectivity index (χ0n) is 29.1. The van der Waals surface area contributed by atoms with Crippen molar-refractivity contribution in [1.82, 2.24) is 0 Å². The fourth-order valence-corrected chi connectivity index (χ4v) is 6.39. The molecule has 0 aromatic carbocycles. The molecule has 2 unspecified atom stereocenters. The number of ether oxygens (including phenoxy) is 2. The van der Waals surface area contributed by atoms with Gasteiger partial charge in [-0.1, -0.05) is 168 Å². The summed E-state index contributed by atoms with van der Waals surface area (Å²) < 4.78 is 22.7. The number of unbranched alkanes of at least 4 members (excludes halogenated alkanes) is 24. The van der Waals surface area contributed by atoms with Crippen molar-refractivity contribution in [2.45, 2.75) is 219 Å². The Morgan fingerprint density at radius 3 is 1.14 bits per heavy atom. The van der Waals surface area contributed by atoms with Crippen LogP contribution in [0.2, 0.25) is 0 Å². The molecule has 0 aromatic heterocycles. The summed E-state index contributed by atoms with van der Waals surface area (Å²) in [5.41, 5.74) is 0. The monoisotopic (exact) mass is 651 g/mol. The highest BCUT2D eigenvalue weighted by Gasteiger charge is 2.22. The number of aliphatic hydroxyl groups is 2. The third-order valence-corrected chi connectivity index (χ3v) is 9.52. The SMILES string of the molecule is CCCCCCCCCCCCCCCC(O)OC[C@H](CCP(=O)(O)O)OC(O)CCCCCCCCCCCCCCC. The van der Waals surface area contributed by atoms with Crippen LogP contribution in [0.1, 0.15) is 200 Å². The van der Waals surface area contributed by atoms with E-state index in [1.54, 1.807) is 0 Å². The first-order chi connectivity index (χ1) is 21.3. The Balaban J connectivity index is 3.92. The van der Waals surface area contributed by atoms with Crippen molar-refractivity contribution in [1.29, 1.82) is 0 Å². The number of rotatable bonds is 36. The van der Waals surface area contributed by atoms with Crippen molar-refractivity contribution in [3.05, 3.63) is 0 Å². The van der Waals surface area contributed by atoms with Gasteiger partial charge in [0.1, 0.15) is 0 Å². The zero-order chi connectivity index (χ0) is 32.6. The van der Waals surface area contributed by atoms with E-state index in [1.807, 2.05) is 0 Å². The first-order valence-electron chi connectivity index (χ1n) is 19.0. The second kappa shape index (κ2) is 32.9. The van der Waals surface area contributed by atoms with Gasteiger partial charge in [-0.2, -0.15) is 0 Å². The molecule has 0 aliphatic carbocycles. The third kappa shape index (κ3) is 34.9. The van der Waals surface area contributed by atoms with E-state index in [4.69, 9.17) is 9.47 Å². The lowest BCUT2D eigenvalue weighted by atomic mass is 10.0. The molecule has 0 aromatic rings. The second-order valence-electron chi connectivity index (χ2n) is 13.2. The summed E-state index contributed by atoms with van der Waals surface area (Å²) in [6.07, 6.45) is 31.0. The van der Waals surface area contributed by atoms with Crippen LogP contribution in [0.3, 0.4) is 0 Å². The smallest absolute Gasteiger partial charge is 0.325 e. The standard InChI is InChI=1S/C36H75O7P/c1-3-5-7-9-11-13-15-17-19-21-23-25-27-29-35(37)42-33-34(31-32-44(39,40)41)43-36(38)30-28-26-24-22-20-18-16-14-12-10-8-6-4-2/h34-38H,3-33H2,1-2H3,(H2,39,40,41)/t34-,35?,36?/m0/s1. The average molecular weight is 651 g/mol. The molecule has 0 radical (unpaired) electrons. The highest BCUT2D eigenvalue weighted by atomic mass is 31.2. The van der Waals surface area contributed by atoms with E-state index >= 15 is 0 Å². The molecular weight excluding hydrogens is 575 g/mol. The molecule has 0 amide bonds. The van der Waals surface area contributed by atoms with Crippen LogP contribution < -0.4 is 0 Å². The molecule has 0 aliphatic heterocycles. The quantitative estimate of drug-likeness (QED) is 0.0303. The van der Waals surface area contributed by atoms with Crippen LogP contribution in [0, 0.1) is 0 Å². The Hall–Kier alpha value is -0.0100. The maximum Gasteiger partial charge on any atom is 0.325 e. The van der Waals surface area contributed by atoms with E-state index < -0.39 is 26.3 Å². The fraction of sp³-hybridized carbons (Fsp3) is 1.00. The predicted octanol–water partition coefficient (Wildman–Crippen LogP) is 10.6. The molecule has 0 heterocycles. The first-order valence-corrected chi connectivity index (χ1v) is 20.8. The molecule has 0 spiro atoms. The van der Waals surface area contributed by atoms with Gasteiger partial charge in [0.2, 0.25) is 0 Å². The molecular formula is C36H75O7P. The minimum Gasteiger partial charge on any atom is -0.368 e. The van der Waals surface area contributed by atoms with Crippen LogP contribution in [0.25, 0.3) is 0 Å². The largest absolute Gasteiger partial charge is 0.368 e. The van der Waals surface area contributed by atoms with Crippen LogP contribution in [0.15, 0.2) is 0 Å². The summed E-state index contributed by atoms with van der Waals surface area (Å²) in [5.74, 6) is 0. The van der Waals surface area contributed by atoms with E-state index in [9.17, 15) is 24.6 Å². The van der Waals surface area contributed by atoms with Crippen molar-refractivity contribution in [2.75, 3.05) is 12.8 Å². The lowest BCUT2D eigenvalue weighted by Gasteiger charge is -2.23. The summed E-state index contributed by atoms with van der Waals surface area (Å²) in [5, 5.41) is 20.7. The summed E-state index contributed by atoms with van der Waals surface area (Å²) in [7, 11) is -4.19. The van der Waals surface area contributed by atoms with E-state index in [-0.39, 0.29) is 19.2 Å². The van der Waals surface area contributed by atoms with Gasteiger partial charge in [0.25, 0.3) is 0 Å². The molecule has 44 heavy (non-hydrogen) atoms. The van der Waals surface area contributed by atoms with Crippen molar-refractivity contribution in [3.63, 3.8) is 0 Å². The molecule has 0 saturated heterocycles. The highest BCUT2D eigenvalue weighted by molar-refractivity contribution is 7.51. The molecule has 3 atom stereocenters. The lowest BCUT2D eigenvalue weighted by Crippen LogP contribution is -2.29. The minimum atomic E-state index is -4.19. The fourth-order valence-electron chi connectivity index (χ4n) is 5.77. The van der Waals surface area contributed by atoms with Gasteiger partial charge in [-0.15, -0.1) is 0 Å². The molecule has 4 N–H and O–H groups in total. The first kappa shape index (κ1) is 44.0. The molecule has 8 heteroatoms. The van der Waals surface area contributed by atoms with Crippen molar-refractivity contribution >= 4 is 7.60 Å². The number of hydrogen-bond acceptors (Lipinski definition) is 5. The van der Waals surface area contributed by atoms with Crippen molar-refractivity contribution < 1.29 is 34.0 Å². The van der Waals surface area contributed by atoms with E-state index in [0.717, 1.165) is 32.1 Å². The van der Waals surface area contributed by atoms with E-state index in [0.29, 0.717) is 12.8 Å². The molecule has 0 bridgehead atoms. The van der Waals surface area contributed by atoms with Crippen LogP contribution in [-0.4, -0.2) is 51.5 Å². The van der Waals surface area contributed by atoms with Gasteiger partial charge in [-0.25, -0.2) is 0 Å². The Bertz CT molecular complexity index is 615. The molecule has 0 aliphatic rings. The summed E-state index contributed by atoms with van der Waals surface area (Å²) in [6, 6.07) is 0. The Morgan fingerprint density at radius 1 is 0.477 bits per heavy atom. The van der Waals surface area contributed by atoms with E-state index in [1.165, 1.54) is 135 Å². The summed E-state index contributed by atoms with van der Waals surface area (Å²) >= 11 is 0. The molecule has 0 fully saturated rings. The average Bonchev–Trinajstić information content (AvgIpc) is 2.98. The molecule has 266 valence electrons. The maximum absolute atomic E-state index is 11.4. The van der Waals surface area contributed by atoms with Gasteiger partial charge in [0.15, 0.2) is 12.6 Å². The van der Waals surface area contributed by atoms with Crippen LogP contribution >= 0.6 is 7.60 Å². The minimum absolute atomic E-state index is 0.00920. The van der Waals surface area contributed by atoms with Crippen LogP contribution in [-0.2, 0) is 14.0 Å². The van der Waals surface area contributed by atoms with Gasteiger partial charge in [-0.3, -0.25) is 4.57 Å². The van der Waals surface area contributed by atoms with Crippen LogP contribution in [0.5, 0.6) is 0 Å². The summed E-state index contributed by atoms with van der Waals surface area (Å²) in [4.78, 5) is 18.6. The van der Waals surface area contributed by atoms with Gasteiger partial charge < -0.3 is 29.5 Å². The van der Waals surface area contributed by atoms with Gasteiger partial charge in [0.05, 0.1) is 18.9 Å². The lowest BCUT2D eigenvalue weighted by molar-refractivity contribution is -0.184. The van der Waals surface area contributed by atoms with E-state index in [2.05, 4.69) is 13.8 Å². The molecule has 0 saturated carbocycles. The van der Waals surface area contributed by atoms with Crippen molar-refractivity contribution in [3.8, 4) is 0 Å². The van der Waals surface area contributed by atoms with Crippen LogP contribution in [0.4, 0.5) is 0 Å². The molecule has 7 nitrogen and oxygen atoms in total. The van der Waals surface area contributed by atoms with Crippen molar-refractivity contribution in [2.24, 2.45) is 0 Å². The Morgan fingerprint density at radius 2 is 0.795 bits per heavy atom. The summed E-state index contributed by atoms with van der Waals surface area (Å²) in [6.45, 7) is 4.52. The number of aliphatic hydroxyl groups excluding tert-OH is 2.